The molecule has 0 saturated carbocycles. The van der Waals surface area contributed by atoms with Crippen molar-refractivity contribution in [3.05, 3.63) is 33.9 Å². The molecule has 1 aliphatic rings. The van der Waals surface area contributed by atoms with Crippen LogP contribution in [0, 0.1) is 28.9 Å². The monoisotopic (exact) mass is 333 g/mol. The van der Waals surface area contributed by atoms with E-state index in [9.17, 15) is 19.7 Å². The molecule has 0 aromatic heterocycles. The first kappa shape index (κ1) is 17.9. The minimum absolute atomic E-state index is 0.0203. The fourth-order valence-corrected chi connectivity index (χ4v) is 2.88. The molecule has 0 aliphatic carbocycles. The second kappa shape index (κ2) is 7.42. The average Bonchev–Trinajstić information content (AvgIpc) is 2.55. The first-order valence-corrected chi connectivity index (χ1v) is 8.14. The first-order valence-electron chi connectivity index (χ1n) is 8.14. The number of aryl methyl sites for hydroxylation is 1. The van der Waals surface area contributed by atoms with Crippen LogP contribution in [-0.4, -0.2) is 34.7 Å². The SMILES string of the molecule is Cc1ccc(NC(=O)[C@@H]2CCCN(C(=O)C(C)C)C2)cc1[N+](=O)[O-]. The summed E-state index contributed by atoms with van der Waals surface area (Å²) >= 11 is 0. The van der Waals surface area contributed by atoms with E-state index in [2.05, 4.69) is 5.32 Å². The lowest BCUT2D eigenvalue weighted by Crippen LogP contribution is -2.45. The molecule has 2 amide bonds. The summed E-state index contributed by atoms with van der Waals surface area (Å²) in [6, 6.07) is 4.64. The fourth-order valence-electron chi connectivity index (χ4n) is 2.88. The molecule has 2 rings (SSSR count). The van der Waals surface area contributed by atoms with Crippen molar-refractivity contribution in [3.63, 3.8) is 0 Å². The minimum Gasteiger partial charge on any atom is -0.342 e. The summed E-state index contributed by atoms with van der Waals surface area (Å²) in [7, 11) is 0. The normalized spacial score (nSPS) is 17.7. The number of carbonyl (C=O) groups excluding carboxylic acids is 2. The second-order valence-electron chi connectivity index (χ2n) is 6.53. The third-order valence-corrected chi connectivity index (χ3v) is 4.27. The molecule has 1 heterocycles. The lowest BCUT2D eigenvalue weighted by atomic mass is 9.96. The molecule has 24 heavy (non-hydrogen) atoms. The van der Waals surface area contributed by atoms with E-state index >= 15 is 0 Å². The zero-order valence-electron chi connectivity index (χ0n) is 14.2. The number of nitrogens with one attached hydrogen (secondary N) is 1. The van der Waals surface area contributed by atoms with E-state index in [0.717, 1.165) is 6.42 Å². The van der Waals surface area contributed by atoms with Crippen molar-refractivity contribution in [1.82, 2.24) is 4.90 Å². The number of hydrogen-bond acceptors (Lipinski definition) is 4. The van der Waals surface area contributed by atoms with Crippen LogP contribution in [0.2, 0.25) is 0 Å². The lowest BCUT2D eigenvalue weighted by Gasteiger charge is -2.33. The number of amides is 2. The molecule has 130 valence electrons. The standard InChI is InChI=1S/C17H23N3O4/c1-11(2)17(22)19-8-4-5-13(10-19)16(21)18-14-7-6-12(3)15(9-14)20(23)24/h6-7,9,11,13H,4-5,8,10H2,1-3H3,(H,18,21)/t13-/m1/s1. The van der Waals surface area contributed by atoms with Crippen molar-refractivity contribution >= 4 is 23.2 Å². The summed E-state index contributed by atoms with van der Waals surface area (Å²) < 4.78 is 0. The van der Waals surface area contributed by atoms with Gasteiger partial charge in [-0.25, -0.2) is 0 Å². The van der Waals surface area contributed by atoms with Crippen LogP contribution in [0.5, 0.6) is 0 Å². The molecule has 0 radical (unpaired) electrons. The van der Waals surface area contributed by atoms with Gasteiger partial charge in [0.2, 0.25) is 11.8 Å². The zero-order valence-corrected chi connectivity index (χ0v) is 14.2. The third-order valence-electron chi connectivity index (χ3n) is 4.27. The van der Waals surface area contributed by atoms with Crippen molar-refractivity contribution in [3.8, 4) is 0 Å². The Morgan fingerprint density at radius 1 is 1.38 bits per heavy atom. The second-order valence-corrected chi connectivity index (χ2v) is 6.53. The van der Waals surface area contributed by atoms with Crippen LogP contribution in [0.25, 0.3) is 0 Å². The number of likely N-dealkylation sites (tertiary alicyclic amines) is 1. The Labute approximate surface area is 141 Å². The van der Waals surface area contributed by atoms with E-state index in [1.54, 1.807) is 24.0 Å². The predicted octanol–water partition coefficient (Wildman–Crippen LogP) is 2.74. The molecule has 7 nitrogen and oxygen atoms in total. The molecule has 1 aromatic rings. The first-order chi connectivity index (χ1) is 11.3. The van der Waals surface area contributed by atoms with Crippen molar-refractivity contribution in [2.45, 2.75) is 33.6 Å². The van der Waals surface area contributed by atoms with Gasteiger partial charge in [0.25, 0.3) is 5.69 Å². The van der Waals surface area contributed by atoms with Crippen LogP contribution < -0.4 is 5.32 Å². The van der Waals surface area contributed by atoms with E-state index in [1.807, 2.05) is 13.8 Å². The van der Waals surface area contributed by atoms with Gasteiger partial charge in [-0.15, -0.1) is 0 Å². The van der Waals surface area contributed by atoms with Crippen molar-refractivity contribution < 1.29 is 14.5 Å². The molecule has 1 saturated heterocycles. The van der Waals surface area contributed by atoms with Gasteiger partial charge in [-0.05, 0) is 25.8 Å². The van der Waals surface area contributed by atoms with E-state index in [1.165, 1.54) is 6.07 Å². The number of rotatable bonds is 4. The molecular weight excluding hydrogens is 310 g/mol. The quantitative estimate of drug-likeness (QED) is 0.677. The van der Waals surface area contributed by atoms with Gasteiger partial charge >= 0.3 is 0 Å². The van der Waals surface area contributed by atoms with Crippen LogP contribution >= 0.6 is 0 Å². The number of nitro groups is 1. The Balaban J connectivity index is 2.05. The average molecular weight is 333 g/mol. The summed E-state index contributed by atoms with van der Waals surface area (Å²) in [5.74, 6) is -0.527. The van der Waals surface area contributed by atoms with Gasteiger partial charge in [0.1, 0.15) is 0 Å². The lowest BCUT2D eigenvalue weighted by molar-refractivity contribution is -0.385. The Morgan fingerprint density at radius 2 is 2.08 bits per heavy atom. The van der Waals surface area contributed by atoms with Crippen LogP contribution in [-0.2, 0) is 9.59 Å². The highest BCUT2D eigenvalue weighted by molar-refractivity contribution is 5.93. The third kappa shape index (κ3) is 4.10. The fraction of sp³-hybridized carbons (Fsp3) is 0.529. The number of hydrogen-bond donors (Lipinski definition) is 1. The summed E-state index contributed by atoms with van der Waals surface area (Å²) in [5.41, 5.74) is 0.932. The maximum atomic E-state index is 12.5. The summed E-state index contributed by atoms with van der Waals surface area (Å²) in [6.45, 7) is 6.42. The van der Waals surface area contributed by atoms with Crippen LogP contribution in [0.4, 0.5) is 11.4 Å². The van der Waals surface area contributed by atoms with Crippen molar-refractivity contribution in [2.24, 2.45) is 11.8 Å². The largest absolute Gasteiger partial charge is 0.342 e. The summed E-state index contributed by atoms with van der Waals surface area (Å²) in [4.78, 5) is 36.8. The van der Waals surface area contributed by atoms with Gasteiger partial charge in [-0.2, -0.15) is 0 Å². The predicted molar refractivity (Wildman–Crippen MR) is 90.6 cm³/mol. The Bertz CT molecular complexity index is 657. The number of piperidine rings is 1. The highest BCUT2D eigenvalue weighted by Gasteiger charge is 2.29. The van der Waals surface area contributed by atoms with E-state index in [0.29, 0.717) is 30.8 Å². The van der Waals surface area contributed by atoms with Crippen LogP contribution in [0.1, 0.15) is 32.3 Å². The molecule has 0 unspecified atom stereocenters. The van der Waals surface area contributed by atoms with E-state index in [-0.39, 0.29) is 29.3 Å². The van der Waals surface area contributed by atoms with Gasteiger partial charge in [0.15, 0.2) is 0 Å². The Morgan fingerprint density at radius 3 is 2.71 bits per heavy atom. The molecule has 1 fully saturated rings. The zero-order chi connectivity index (χ0) is 17.9. The number of nitro benzene ring substituents is 1. The molecule has 1 aromatic carbocycles. The molecule has 0 bridgehead atoms. The van der Waals surface area contributed by atoms with E-state index in [4.69, 9.17) is 0 Å². The highest BCUT2D eigenvalue weighted by atomic mass is 16.6. The number of anilines is 1. The maximum absolute atomic E-state index is 12.5. The van der Waals surface area contributed by atoms with Crippen molar-refractivity contribution in [1.29, 1.82) is 0 Å². The van der Waals surface area contributed by atoms with Gasteiger partial charge in [-0.1, -0.05) is 19.9 Å². The number of carbonyl (C=O) groups is 2. The number of nitrogens with zero attached hydrogens (tertiary/aromatic N) is 2. The summed E-state index contributed by atoms with van der Waals surface area (Å²) in [6.07, 6.45) is 1.49. The smallest absolute Gasteiger partial charge is 0.274 e. The van der Waals surface area contributed by atoms with Gasteiger partial charge in [0.05, 0.1) is 10.8 Å². The van der Waals surface area contributed by atoms with Crippen LogP contribution in [0.15, 0.2) is 18.2 Å². The molecular formula is C17H23N3O4. The topological polar surface area (TPSA) is 92.6 Å². The van der Waals surface area contributed by atoms with Crippen molar-refractivity contribution in [2.75, 3.05) is 18.4 Å². The Hall–Kier alpha value is -2.44. The van der Waals surface area contributed by atoms with Gasteiger partial charge < -0.3 is 10.2 Å². The van der Waals surface area contributed by atoms with E-state index < -0.39 is 4.92 Å². The molecule has 1 atom stereocenters. The van der Waals surface area contributed by atoms with Gasteiger partial charge in [0, 0.05) is 36.3 Å². The molecule has 0 spiro atoms. The molecule has 1 aliphatic heterocycles. The summed E-state index contributed by atoms with van der Waals surface area (Å²) in [5, 5.41) is 13.7. The highest BCUT2D eigenvalue weighted by Crippen LogP contribution is 2.24. The molecule has 1 N–H and O–H groups in total. The maximum Gasteiger partial charge on any atom is 0.274 e. The minimum atomic E-state index is -0.464. The molecule has 7 heteroatoms. The van der Waals surface area contributed by atoms with Crippen LogP contribution in [0.3, 0.4) is 0 Å². The van der Waals surface area contributed by atoms with Gasteiger partial charge in [-0.3, -0.25) is 19.7 Å². The Kier molecular flexibility index (Phi) is 5.54. The number of benzene rings is 1.